The first-order chi connectivity index (χ1) is 18.2. The number of carbonyl (C=O) groups excluding carboxylic acids is 4. The van der Waals surface area contributed by atoms with Crippen LogP contribution in [0.2, 0.25) is 0 Å². The molecule has 0 radical (unpaired) electrons. The minimum Gasteiger partial charge on any atom is -0.465 e. The molecule has 3 amide bonds. The lowest BCUT2D eigenvalue weighted by Gasteiger charge is -2.43. The van der Waals surface area contributed by atoms with Gasteiger partial charge in [-0.05, 0) is 39.0 Å². The number of piperazine rings is 1. The van der Waals surface area contributed by atoms with E-state index >= 15 is 0 Å². The Balaban J connectivity index is 1.72. The topological polar surface area (TPSA) is 109 Å². The van der Waals surface area contributed by atoms with E-state index in [2.05, 4.69) is 4.98 Å². The third kappa shape index (κ3) is 5.66. The van der Waals surface area contributed by atoms with Crippen molar-refractivity contribution < 1.29 is 41.8 Å². The summed E-state index contributed by atoms with van der Waals surface area (Å²) in [6.45, 7) is 4.91. The number of imide groups is 1. The van der Waals surface area contributed by atoms with Gasteiger partial charge in [0.15, 0.2) is 0 Å². The fraction of sp³-hybridized carbons (Fsp3) is 0.423. The maximum absolute atomic E-state index is 13.4. The Morgan fingerprint density at radius 2 is 1.67 bits per heavy atom. The summed E-state index contributed by atoms with van der Waals surface area (Å²) in [5.41, 5.74) is -1.94. The number of rotatable bonds is 4. The number of nitrogens with zero attached hydrogens (tertiary/aromatic N) is 4. The van der Waals surface area contributed by atoms with Crippen molar-refractivity contribution in [3.63, 3.8) is 0 Å². The fourth-order valence-electron chi connectivity index (χ4n) is 4.50. The molecule has 4 rings (SSSR count). The largest absolute Gasteiger partial charge is 0.465 e. The summed E-state index contributed by atoms with van der Waals surface area (Å²) >= 11 is 0. The second-order valence-electron chi connectivity index (χ2n) is 10.1. The van der Waals surface area contributed by atoms with Gasteiger partial charge in [0.05, 0.1) is 36.4 Å². The van der Waals surface area contributed by atoms with E-state index in [1.165, 1.54) is 21.9 Å². The number of hydrogen-bond acceptors (Lipinski definition) is 8. The van der Waals surface area contributed by atoms with Crippen LogP contribution in [0.4, 0.5) is 23.8 Å². The molecule has 1 fully saturated rings. The second-order valence-corrected chi connectivity index (χ2v) is 10.1. The smallest absolute Gasteiger partial charge is 0.417 e. The van der Waals surface area contributed by atoms with Crippen molar-refractivity contribution in [2.45, 2.75) is 38.6 Å². The van der Waals surface area contributed by atoms with Crippen LogP contribution in [0.3, 0.4) is 0 Å². The molecule has 2 aliphatic rings. The van der Waals surface area contributed by atoms with Crippen molar-refractivity contribution in [3.05, 3.63) is 58.8 Å². The molecule has 1 saturated heterocycles. The molecule has 1 unspecified atom stereocenters. The number of alkyl halides is 3. The zero-order valence-corrected chi connectivity index (χ0v) is 21.7. The number of halogens is 3. The van der Waals surface area contributed by atoms with Gasteiger partial charge in [-0.15, -0.1) is 0 Å². The lowest BCUT2D eigenvalue weighted by atomic mass is 10.1. The van der Waals surface area contributed by atoms with E-state index in [0.29, 0.717) is 12.3 Å². The number of anilines is 1. The molecule has 0 saturated carbocycles. The van der Waals surface area contributed by atoms with Crippen molar-refractivity contribution in [1.29, 1.82) is 0 Å². The predicted octanol–water partition coefficient (Wildman–Crippen LogP) is 3.61. The van der Waals surface area contributed by atoms with Gasteiger partial charge in [0, 0.05) is 25.8 Å². The van der Waals surface area contributed by atoms with E-state index in [-0.39, 0.29) is 43.1 Å². The Bertz CT molecular complexity index is 1290. The first kappa shape index (κ1) is 27.9. The Kier molecular flexibility index (Phi) is 7.28. The number of amides is 3. The predicted molar refractivity (Wildman–Crippen MR) is 131 cm³/mol. The van der Waals surface area contributed by atoms with Crippen molar-refractivity contribution in [1.82, 2.24) is 14.8 Å². The van der Waals surface area contributed by atoms with E-state index in [1.54, 1.807) is 32.9 Å². The maximum Gasteiger partial charge on any atom is 0.417 e. The van der Waals surface area contributed by atoms with Gasteiger partial charge in [0.25, 0.3) is 11.8 Å². The number of methoxy groups -OCH3 is 1. The van der Waals surface area contributed by atoms with Crippen molar-refractivity contribution in [3.8, 4) is 0 Å². The molecule has 13 heteroatoms. The quantitative estimate of drug-likeness (QED) is 0.421. The molecule has 208 valence electrons. The van der Waals surface area contributed by atoms with Crippen molar-refractivity contribution >= 4 is 29.7 Å². The van der Waals surface area contributed by atoms with E-state index in [1.807, 2.05) is 0 Å². The number of ether oxygens (including phenoxy) is 2. The molecule has 3 heterocycles. The molecule has 0 bridgehead atoms. The zero-order chi connectivity index (χ0) is 28.7. The molecule has 1 aromatic heterocycles. The van der Waals surface area contributed by atoms with Crippen LogP contribution in [-0.2, 0) is 15.7 Å². The van der Waals surface area contributed by atoms with Crippen LogP contribution in [0.5, 0.6) is 0 Å². The molecule has 0 N–H and O–H groups in total. The summed E-state index contributed by atoms with van der Waals surface area (Å²) < 4.78 is 50.4. The number of pyridine rings is 1. The molecule has 2 aliphatic heterocycles. The summed E-state index contributed by atoms with van der Waals surface area (Å²) in [6.07, 6.45) is -4.80. The Labute approximate surface area is 222 Å². The highest BCUT2D eigenvalue weighted by molar-refractivity contribution is 6.21. The first-order valence-electron chi connectivity index (χ1n) is 12.1. The zero-order valence-electron chi connectivity index (χ0n) is 21.7. The number of carbonyl (C=O) groups is 4. The summed E-state index contributed by atoms with van der Waals surface area (Å²) in [6, 6.07) is 6.11. The lowest BCUT2D eigenvalue weighted by Crippen LogP contribution is -2.60. The van der Waals surface area contributed by atoms with Crippen LogP contribution >= 0.6 is 0 Å². The molecule has 0 aliphatic carbocycles. The van der Waals surface area contributed by atoms with Gasteiger partial charge in [-0.25, -0.2) is 14.6 Å². The Morgan fingerprint density at radius 1 is 1.05 bits per heavy atom. The van der Waals surface area contributed by atoms with Gasteiger partial charge in [-0.1, -0.05) is 12.1 Å². The van der Waals surface area contributed by atoms with Crippen LogP contribution < -0.4 is 4.90 Å². The molecular formula is C26H27F3N4O6. The van der Waals surface area contributed by atoms with E-state index in [9.17, 15) is 32.3 Å². The monoisotopic (exact) mass is 548 g/mol. The van der Waals surface area contributed by atoms with Crippen molar-refractivity contribution in [2.75, 3.05) is 38.2 Å². The minimum absolute atomic E-state index is 0.0233. The van der Waals surface area contributed by atoms with E-state index < -0.39 is 52.8 Å². The first-order valence-corrected chi connectivity index (χ1v) is 12.1. The highest BCUT2D eigenvalue weighted by Gasteiger charge is 2.42. The van der Waals surface area contributed by atoms with Crippen LogP contribution in [0.25, 0.3) is 0 Å². The number of hydrogen-bond donors (Lipinski definition) is 0. The number of aromatic nitrogens is 1. The maximum atomic E-state index is 13.4. The molecule has 0 spiro atoms. The molecule has 1 aromatic carbocycles. The van der Waals surface area contributed by atoms with Crippen LogP contribution in [0.1, 0.15) is 57.4 Å². The third-order valence-electron chi connectivity index (χ3n) is 6.28. The van der Waals surface area contributed by atoms with Gasteiger partial charge in [-0.3, -0.25) is 14.5 Å². The second kappa shape index (κ2) is 10.2. The Morgan fingerprint density at radius 3 is 2.21 bits per heavy atom. The summed E-state index contributed by atoms with van der Waals surface area (Å²) in [5.74, 6) is -2.25. The van der Waals surface area contributed by atoms with Gasteiger partial charge in [0.1, 0.15) is 17.0 Å². The van der Waals surface area contributed by atoms with Gasteiger partial charge in [-0.2, -0.15) is 13.2 Å². The highest BCUT2D eigenvalue weighted by Crippen LogP contribution is 2.33. The van der Waals surface area contributed by atoms with E-state index in [0.717, 1.165) is 12.0 Å². The average Bonchev–Trinajstić information content (AvgIpc) is 3.11. The summed E-state index contributed by atoms with van der Waals surface area (Å²) in [4.78, 5) is 59.4. The highest BCUT2D eigenvalue weighted by atomic mass is 19.4. The fourth-order valence-corrected chi connectivity index (χ4v) is 4.50. The molecule has 2 aromatic rings. The van der Waals surface area contributed by atoms with E-state index in [4.69, 9.17) is 9.47 Å². The molecular weight excluding hydrogens is 521 g/mol. The minimum atomic E-state index is -4.76. The van der Waals surface area contributed by atoms with Gasteiger partial charge >= 0.3 is 18.2 Å². The standard InChI is InChI=1S/C26H27F3N4O6/c1-25(2,3)39-24(37)31-9-10-32(20-19(23(36)38-4)11-15(12-30-20)26(27,28)29)16(13-31)14-33-21(34)17-7-5-6-8-18(17)22(33)35/h5-8,11-12,16H,9-10,13-14H2,1-4H3. The number of fused-ring (bicyclic) bond motifs is 1. The van der Waals surface area contributed by atoms with Gasteiger partial charge < -0.3 is 19.3 Å². The third-order valence-corrected chi connectivity index (χ3v) is 6.28. The SMILES string of the molecule is COC(=O)c1cc(C(F)(F)F)cnc1N1CCN(C(=O)OC(C)(C)C)CC1CN1C(=O)c2ccccc2C1=O. The van der Waals surface area contributed by atoms with Crippen LogP contribution in [0.15, 0.2) is 36.5 Å². The summed E-state index contributed by atoms with van der Waals surface area (Å²) in [5, 5.41) is 0. The molecule has 1 atom stereocenters. The molecule has 39 heavy (non-hydrogen) atoms. The Hall–Kier alpha value is -4.16. The number of esters is 1. The van der Waals surface area contributed by atoms with Crippen LogP contribution in [0, 0.1) is 0 Å². The normalized spacial score (nSPS) is 17.8. The van der Waals surface area contributed by atoms with Crippen LogP contribution in [-0.4, -0.2) is 83.6 Å². The molecule has 10 nitrogen and oxygen atoms in total. The van der Waals surface area contributed by atoms with Gasteiger partial charge in [0.2, 0.25) is 0 Å². The average molecular weight is 549 g/mol. The number of benzene rings is 1. The van der Waals surface area contributed by atoms with Crippen molar-refractivity contribution in [2.24, 2.45) is 0 Å². The lowest BCUT2D eigenvalue weighted by molar-refractivity contribution is -0.137. The summed E-state index contributed by atoms with van der Waals surface area (Å²) in [7, 11) is 1.03.